The van der Waals surface area contributed by atoms with E-state index in [-0.39, 0.29) is 67.0 Å². The average molecular weight is 1870 g/mol. The highest BCUT2D eigenvalue weighted by atomic mass is 32.1. The van der Waals surface area contributed by atoms with Crippen molar-refractivity contribution < 1.29 is 105 Å². The van der Waals surface area contributed by atoms with Gasteiger partial charge in [-0.15, -0.1) is 11.3 Å². The molecule has 16 rings (SSSR count). The number of nitrogens with one attached hydrogen (secondary N) is 7. The molecule has 0 amide bonds. The SMILES string of the molecule is CC(C)CCc1ncn[nH]1.CCCCOc1ccncc1.Cc1ccc(Cc2ncn[nH]2)cc1.Fc1ccc(Cc2ncn[nH]2)cc1.Fc1ccccc1Cc1ncn[nH]1.O=C=O.O=C=O.O=C=O.O=C=O.O=C=O.O=C=O.O=C=O.O=C=O.O=C=O.c1cc(OCC2CCCC2)ccn1.c1csc(Cc2ncn[nH]2)c1.c1n[nH]c(CC2CCCC2)n1.c1n[nH]c(CC2CCCCC2)n1. The first-order valence-electron chi connectivity index (χ1n) is 40.8. The number of hydrogen-bond donors (Lipinski definition) is 7. The second-order valence-corrected chi connectivity index (χ2v) is 28.3. The first-order valence-corrected chi connectivity index (χ1v) is 41.6. The fourth-order valence-corrected chi connectivity index (χ4v) is 12.3. The zero-order valence-corrected chi connectivity index (χ0v) is 74.6. The van der Waals surface area contributed by atoms with E-state index in [1.807, 2.05) is 30.3 Å². The van der Waals surface area contributed by atoms with Gasteiger partial charge in [-0.05, 0) is 127 Å². The normalized spacial score (nSPS) is 11.0. The van der Waals surface area contributed by atoms with E-state index in [1.54, 1.807) is 85.4 Å². The summed E-state index contributed by atoms with van der Waals surface area (Å²) in [6.07, 6.45) is 47.3. The largest absolute Gasteiger partial charge is 0.493 e. The van der Waals surface area contributed by atoms with E-state index < -0.39 is 0 Å². The molecular weight excluding hydrogens is 1770 g/mol. The molecule has 0 bridgehead atoms. The van der Waals surface area contributed by atoms with Crippen molar-refractivity contribution in [2.45, 2.75) is 175 Å². The van der Waals surface area contributed by atoms with Gasteiger partial charge >= 0.3 is 55.4 Å². The molecule has 0 radical (unpaired) electrons. The molecule has 3 aromatic carbocycles. The Balaban J connectivity index is 0. The lowest BCUT2D eigenvalue weighted by Gasteiger charge is -2.19. The Bertz CT molecular complexity index is 4870. The highest BCUT2D eigenvalue weighted by Gasteiger charge is 2.18. The third-order valence-electron chi connectivity index (χ3n) is 17.4. The number of H-pyrrole nitrogens is 7. The zero-order chi connectivity index (χ0) is 99.2. The summed E-state index contributed by atoms with van der Waals surface area (Å²) in [5.74, 6) is 11.1. The lowest BCUT2D eigenvalue weighted by atomic mass is 9.87. The van der Waals surface area contributed by atoms with Crippen LogP contribution in [0, 0.1) is 42.2 Å². The van der Waals surface area contributed by atoms with Crippen molar-refractivity contribution in [3.05, 3.63) is 263 Å². The van der Waals surface area contributed by atoms with Gasteiger partial charge in [0, 0.05) is 74.6 Å². The fraction of sp³-hybridized carbons (Fsp3) is 0.375. The lowest BCUT2D eigenvalue weighted by Crippen LogP contribution is -2.10. The highest BCUT2D eigenvalue weighted by Crippen LogP contribution is 2.28. The predicted molar refractivity (Wildman–Crippen MR) is 455 cm³/mol. The van der Waals surface area contributed by atoms with Gasteiger partial charge in [0.2, 0.25) is 0 Å². The summed E-state index contributed by atoms with van der Waals surface area (Å²) in [5, 5.41) is 48.2. The molecule has 43 nitrogen and oxygen atoms in total. The molecule has 10 aromatic heterocycles. The topological polar surface area (TPSA) is 642 Å². The van der Waals surface area contributed by atoms with Gasteiger partial charge in [-0.3, -0.25) is 45.7 Å². The van der Waals surface area contributed by atoms with Gasteiger partial charge in [-0.2, -0.15) is 122 Å². The van der Waals surface area contributed by atoms with E-state index in [1.165, 1.54) is 156 Å². The summed E-state index contributed by atoms with van der Waals surface area (Å²) < 4.78 is 36.7. The van der Waals surface area contributed by atoms with Crippen LogP contribution in [0.15, 0.2) is 184 Å². The van der Waals surface area contributed by atoms with Crippen molar-refractivity contribution in [1.82, 2.24) is 116 Å². The third-order valence-corrected chi connectivity index (χ3v) is 18.3. The number of benzene rings is 3. The van der Waals surface area contributed by atoms with Crippen molar-refractivity contribution >= 4 is 66.7 Å². The molecule has 10 heterocycles. The smallest absolute Gasteiger partial charge is 0.373 e. The van der Waals surface area contributed by atoms with Crippen molar-refractivity contribution in [2.75, 3.05) is 13.2 Å². The van der Waals surface area contributed by atoms with Gasteiger partial charge in [0.1, 0.15) is 108 Å². The summed E-state index contributed by atoms with van der Waals surface area (Å²) >= 11 is 1.73. The molecule has 7 N–H and O–H groups in total. The average Bonchev–Trinajstić information content (AvgIpc) is 1.43. The monoisotopic (exact) mass is 1870 g/mol. The summed E-state index contributed by atoms with van der Waals surface area (Å²) in [7, 11) is 0. The van der Waals surface area contributed by atoms with Crippen molar-refractivity contribution in [2.24, 2.45) is 23.7 Å². The third kappa shape index (κ3) is 69.6. The number of aryl methyl sites for hydroxylation is 2. The summed E-state index contributed by atoms with van der Waals surface area (Å²) in [6, 6.07) is 33.1. The molecule has 0 unspecified atom stereocenters. The number of pyridine rings is 2. The van der Waals surface area contributed by atoms with Crippen LogP contribution in [0.25, 0.3) is 0 Å². The van der Waals surface area contributed by atoms with Gasteiger partial charge in [-0.25, -0.2) is 43.7 Å². The van der Waals surface area contributed by atoms with Crippen LogP contribution in [0.2, 0.25) is 0 Å². The summed E-state index contributed by atoms with van der Waals surface area (Å²) in [5.41, 5.74) is 4.17. The van der Waals surface area contributed by atoms with E-state index >= 15 is 0 Å². The van der Waals surface area contributed by atoms with Crippen LogP contribution in [0.4, 0.5) is 8.78 Å². The Kier molecular flexibility index (Phi) is 77.8. The molecule has 0 aliphatic heterocycles. The Labute approximate surface area is 770 Å². The van der Waals surface area contributed by atoms with Gasteiger partial charge in [0.25, 0.3) is 0 Å². The Morgan fingerprint density at radius 2 is 0.716 bits per heavy atom. The number of ether oxygens (including phenoxy) is 2. The number of rotatable bonds is 22. The van der Waals surface area contributed by atoms with E-state index in [0.29, 0.717) is 24.2 Å². The van der Waals surface area contributed by atoms with Gasteiger partial charge in [-0.1, -0.05) is 164 Å². The molecule has 46 heteroatoms. The van der Waals surface area contributed by atoms with E-state index in [9.17, 15) is 8.78 Å². The maximum Gasteiger partial charge on any atom is 0.373 e. The van der Waals surface area contributed by atoms with Crippen LogP contribution in [-0.2, 0) is 131 Å². The maximum absolute atomic E-state index is 13.1. The van der Waals surface area contributed by atoms with Crippen molar-refractivity contribution in [1.29, 1.82) is 0 Å². The zero-order valence-electron chi connectivity index (χ0n) is 73.8. The predicted octanol–water partition coefficient (Wildman–Crippen LogP) is 10.7. The molecule has 0 spiro atoms. The molecule has 3 aliphatic carbocycles. The number of halogens is 2. The molecule has 0 saturated heterocycles. The number of aromatic amines is 7. The van der Waals surface area contributed by atoms with Crippen molar-refractivity contribution in [3.8, 4) is 11.5 Å². The number of aromatic nitrogens is 23. The van der Waals surface area contributed by atoms with E-state index in [0.717, 1.165) is 127 Å². The number of thiophene rings is 1. The highest BCUT2D eigenvalue weighted by molar-refractivity contribution is 7.09. The number of hydrogen-bond acceptors (Lipinski definition) is 37. The van der Waals surface area contributed by atoms with Crippen LogP contribution in [0.3, 0.4) is 0 Å². The number of unbranched alkanes of at least 4 members (excludes halogenated alkanes) is 1. The van der Waals surface area contributed by atoms with Gasteiger partial charge in [0.05, 0.1) is 13.2 Å². The van der Waals surface area contributed by atoms with Crippen LogP contribution < -0.4 is 9.47 Å². The van der Waals surface area contributed by atoms with Gasteiger partial charge < -0.3 is 9.47 Å². The molecule has 3 fully saturated rings. The van der Waals surface area contributed by atoms with Crippen LogP contribution in [0.1, 0.15) is 191 Å². The summed E-state index contributed by atoms with van der Waals surface area (Å²) in [6.45, 7) is 10.3. The van der Waals surface area contributed by atoms with Crippen molar-refractivity contribution in [3.63, 3.8) is 0 Å². The molecule has 13 aromatic rings. The second kappa shape index (κ2) is 87.2. The first kappa shape index (κ1) is 120. The van der Waals surface area contributed by atoms with E-state index in [4.69, 9.17) is 95.8 Å². The minimum atomic E-state index is -0.221. The quantitative estimate of drug-likeness (QED) is 0.0310. The maximum atomic E-state index is 13.1. The molecule has 0 atom stereocenters. The number of carbonyl (C=O) groups excluding carboxylic acids is 18. The fourth-order valence-electron chi connectivity index (χ4n) is 11.5. The molecule has 3 aliphatic rings. The molecule has 3 saturated carbocycles. The molecule has 710 valence electrons. The standard InChI is InChI=1S/C11H15NO.C10H11N3.2C9H8FN3.C9H15N3.C9H13NO.C8H13N3.C7H7N3S.C7H13N3.9CO2/c1-2-4-10(3-1)9-13-11-5-7-12-8-6-11;1-8-2-4-9(5-3-8)6-10-11-7-12-13-10;10-8-3-1-7(2-4-8)5-9-11-6-12-13-9;10-8-4-2-1-3-7(8)5-9-11-6-12-13-9;1-2-4-8(5-3-1)6-9-10-7-11-12-9;1-2-3-8-11-9-4-6-10-7-5-9;1-2-4-7(3-1)5-8-9-6-10-11-8;1-2-6(11-3-1)4-7-8-5-9-10-7;1-6(2)3-4-7-8-5-9-10-7;9*2-1-3/h5-8,10H,1-4,9H2;2-5,7H,6H2,1H3,(H,11,12,13);2*1-4,6H,5H2,(H,11,12,13);7-8H,1-6H2,(H,10,11,12);4-7H,2-3,8H2,1H3;6-7H,1-5H2,(H,9,10,11);1-3,5H,4H2,(H,8,9,10);5-6H,3-4H2,1-2H3,(H,8,9,10);;;;;;;;;. The van der Waals surface area contributed by atoms with Crippen LogP contribution >= 0.6 is 11.3 Å². The minimum Gasteiger partial charge on any atom is -0.493 e. The number of nitrogens with zero attached hydrogens (tertiary/aromatic N) is 16. The van der Waals surface area contributed by atoms with Crippen LogP contribution in [-0.4, -0.2) is 185 Å². The molecule has 134 heavy (non-hydrogen) atoms. The minimum absolute atomic E-state index is 0.209. The Morgan fingerprint density at radius 1 is 0.381 bits per heavy atom. The first-order chi connectivity index (χ1) is 65.3. The molecular formula is C88H103F2N23O20S. The Hall–Kier alpha value is -16.5. The van der Waals surface area contributed by atoms with Crippen LogP contribution in [0.5, 0.6) is 11.5 Å². The Morgan fingerprint density at radius 3 is 1.07 bits per heavy atom. The summed E-state index contributed by atoms with van der Waals surface area (Å²) in [4.78, 5) is 184. The lowest BCUT2D eigenvalue weighted by molar-refractivity contribution is -0.193. The van der Waals surface area contributed by atoms with Gasteiger partial charge in [0.15, 0.2) is 0 Å². The second-order valence-electron chi connectivity index (χ2n) is 27.3. The van der Waals surface area contributed by atoms with E-state index in [2.05, 4.69) is 180 Å².